The topological polar surface area (TPSA) is 49.9 Å². The van der Waals surface area contributed by atoms with Gasteiger partial charge in [-0.15, -0.1) is 11.3 Å². The predicted molar refractivity (Wildman–Crippen MR) is 116 cm³/mol. The predicted octanol–water partition coefficient (Wildman–Crippen LogP) is 4.29. The van der Waals surface area contributed by atoms with E-state index in [4.69, 9.17) is 4.74 Å². The molecule has 0 spiro atoms. The lowest BCUT2D eigenvalue weighted by molar-refractivity contribution is -0.143. The van der Waals surface area contributed by atoms with Crippen LogP contribution < -0.4 is 4.74 Å². The largest absolute Gasteiger partial charge is 0.491 e. The number of benzene rings is 1. The molecule has 1 aliphatic rings. The number of ether oxygens (including phenoxy) is 1. The zero-order valence-electron chi connectivity index (χ0n) is 17.8. The molecule has 0 saturated carbocycles. The van der Waals surface area contributed by atoms with Gasteiger partial charge in [0.15, 0.2) is 0 Å². The van der Waals surface area contributed by atoms with Crippen molar-refractivity contribution in [3.63, 3.8) is 0 Å². The van der Waals surface area contributed by atoms with Crippen LogP contribution in [0.15, 0.2) is 35.7 Å². The second-order valence-corrected chi connectivity index (χ2v) is 8.94. The molecule has 162 valence electrons. The van der Waals surface area contributed by atoms with Gasteiger partial charge in [0, 0.05) is 30.5 Å². The summed E-state index contributed by atoms with van der Waals surface area (Å²) in [6.07, 6.45) is 1.17. The van der Waals surface area contributed by atoms with Crippen LogP contribution in [0.4, 0.5) is 4.39 Å². The van der Waals surface area contributed by atoms with Crippen molar-refractivity contribution in [2.24, 2.45) is 5.92 Å². The molecule has 30 heavy (non-hydrogen) atoms. The van der Waals surface area contributed by atoms with Gasteiger partial charge in [-0.05, 0) is 41.5 Å². The molecule has 1 aliphatic heterocycles. The minimum atomic E-state index is -0.359. The Balaban J connectivity index is 1.77. The Morgan fingerprint density at radius 1 is 1.33 bits per heavy atom. The van der Waals surface area contributed by atoms with Crippen LogP contribution in [0.25, 0.3) is 0 Å². The molecule has 1 aromatic heterocycles. The highest BCUT2D eigenvalue weighted by molar-refractivity contribution is 7.10. The molecule has 3 rings (SSSR count). The summed E-state index contributed by atoms with van der Waals surface area (Å²) >= 11 is 1.68. The van der Waals surface area contributed by atoms with Gasteiger partial charge in [-0.25, -0.2) is 4.39 Å². The Labute approximate surface area is 181 Å². The first-order chi connectivity index (χ1) is 14.4. The smallest absolute Gasteiger partial charge is 0.242 e. The fourth-order valence-electron chi connectivity index (χ4n) is 3.78. The van der Waals surface area contributed by atoms with E-state index < -0.39 is 0 Å². The van der Waals surface area contributed by atoms with Gasteiger partial charge < -0.3 is 14.5 Å². The minimum absolute atomic E-state index is 0.0159. The maximum absolute atomic E-state index is 13.5. The van der Waals surface area contributed by atoms with Gasteiger partial charge in [0.2, 0.25) is 11.8 Å². The summed E-state index contributed by atoms with van der Waals surface area (Å²) < 4.78 is 19.4. The fourth-order valence-corrected chi connectivity index (χ4v) is 4.71. The molecule has 7 heteroatoms. The lowest BCUT2D eigenvalue weighted by atomic mass is 10.00. The summed E-state index contributed by atoms with van der Waals surface area (Å²) in [4.78, 5) is 30.3. The van der Waals surface area contributed by atoms with Crippen molar-refractivity contribution >= 4 is 23.2 Å². The molecule has 0 unspecified atom stereocenters. The van der Waals surface area contributed by atoms with Gasteiger partial charge in [0.05, 0.1) is 12.6 Å². The molecular weight excluding hydrogens is 403 g/mol. The van der Waals surface area contributed by atoms with Crippen LogP contribution in [0.3, 0.4) is 0 Å². The van der Waals surface area contributed by atoms with Gasteiger partial charge in [-0.2, -0.15) is 0 Å². The van der Waals surface area contributed by atoms with Crippen LogP contribution in [-0.2, 0) is 16.0 Å². The first kappa shape index (κ1) is 22.3. The molecule has 1 atom stereocenters. The number of amides is 2. The minimum Gasteiger partial charge on any atom is -0.491 e. The molecule has 0 fully saturated rings. The van der Waals surface area contributed by atoms with Gasteiger partial charge >= 0.3 is 0 Å². The molecule has 1 aromatic carbocycles. The molecule has 2 amide bonds. The van der Waals surface area contributed by atoms with Crippen LogP contribution in [0, 0.1) is 11.7 Å². The third-order valence-electron chi connectivity index (χ3n) is 5.19. The Morgan fingerprint density at radius 2 is 2.13 bits per heavy atom. The van der Waals surface area contributed by atoms with E-state index in [0.717, 1.165) is 12.0 Å². The zero-order chi connectivity index (χ0) is 21.7. The van der Waals surface area contributed by atoms with Crippen molar-refractivity contribution in [1.29, 1.82) is 0 Å². The van der Waals surface area contributed by atoms with Crippen molar-refractivity contribution in [1.82, 2.24) is 9.80 Å². The number of hydrogen-bond acceptors (Lipinski definition) is 4. The summed E-state index contributed by atoms with van der Waals surface area (Å²) in [6.45, 7) is 7.34. The summed E-state index contributed by atoms with van der Waals surface area (Å²) in [6, 6.07) is 7.79. The Hall–Kier alpha value is -2.41. The first-order valence-electron chi connectivity index (χ1n) is 10.4. The molecule has 0 N–H and O–H groups in total. The molecular formula is C23H29FN2O3S. The highest BCUT2D eigenvalue weighted by atomic mass is 32.1. The van der Waals surface area contributed by atoms with E-state index in [9.17, 15) is 14.0 Å². The highest BCUT2D eigenvalue weighted by Gasteiger charge is 2.33. The molecule has 0 aliphatic carbocycles. The maximum atomic E-state index is 13.5. The van der Waals surface area contributed by atoms with Crippen LogP contribution in [0.1, 0.15) is 43.7 Å². The quantitative estimate of drug-likeness (QED) is 0.625. The Morgan fingerprint density at radius 3 is 2.83 bits per heavy atom. The average Bonchev–Trinajstić information content (AvgIpc) is 3.19. The summed E-state index contributed by atoms with van der Waals surface area (Å²) in [5.74, 6) is 0.264. The number of thiophene rings is 1. The average molecular weight is 433 g/mol. The van der Waals surface area contributed by atoms with E-state index in [1.807, 2.05) is 37.1 Å². The first-order valence-corrected chi connectivity index (χ1v) is 11.3. The van der Waals surface area contributed by atoms with Crippen molar-refractivity contribution in [3.05, 3.63) is 52.0 Å². The molecule has 0 radical (unpaired) electrons. The lowest BCUT2D eigenvalue weighted by Crippen LogP contribution is -2.48. The van der Waals surface area contributed by atoms with E-state index in [1.54, 1.807) is 28.4 Å². The summed E-state index contributed by atoms with van der Waals surface area (Å²) in [5, 5.41) is 2.03. The van der Waals surface area contributed by atoms with Crippen LogP contribution in [-0.4, -0.2) is 47.9 Å². The monoisotopic (exact) mass is 432 g/mol. The van der Waals surface area contributed by atoms with Crippen LogP contribution >= 0.6 is 11.3 Å². The third kappa shape index (κ3) is 5.39. The number of halogens is 1. The molecule has 2 heterocycles. The molecule has 0 bridgehead atoms. The van der Waals surface area contributed by atoms with Crippen LogP contribution in [0.5, 0.6) is 5.75 Å². The fraction of sp³-hybridized carbons (Fsp3) is 0.478. The number of carbonyl (C=O) groups is 2. The second-order valence-electron chi connectivity index (χ2n) is 7.94. The van der Waals surface area contributed by atoms with Crippen molar-refractivity contribution in [2.75, 3.05) is 26.2 Å². The van der Waals surface area contributed by atoms with Crippen LogP contribution in [0.2, 0.25) is 0 Å². The third-order valence-corrected chi connectivity index (χ3v) is 6.18. The molecule has 0 saturated heterocycles. The van der Waals surface area contributed by atoms with Crippen molar-refractivity contribution in [2.45, 2.75) is 39.7 Å². The summed E-state index contributed by atoms with van der Waals surface area (Å²) in [7, 11) is 0. The molecule has 5 nitrogen and oxygen atoms in total. The number of rotatable bonds is 8. The van der Waals surface area contributed by atoms with E-state index in [0.29, 0.717) is 25.3 Å². The Bertz CT molecular complexity index is 883. The van der Waals surface area contributed by atoms with Gasteiger partial charge in [0.1, 0.15) is 18.2 Å². The number of nitrogens with zero attached hydrogens (tertiary/aromatic N) is 2. The SMILES string of the molecule is CCC(=O)N(CC(=O)N1CCc2sccc2[C@H]1COc1cccc(F)c1)CC(C)C. The maximum Gasteiger partial charge on any atom is 0.242 e. The number of carbonyl (C=O) groups excluding carboxylic acids is 2. The van der Waals surface area contributed by atoms with E-state index in [-0.39, 0.29) is 42.7 Å². The highest BCUT2D eigenvalue weighted by Crippen LogP contribution is 2.34. The van der Waals surface area contributed by atoms with Gasteiger partial charge in [-0.1, -0.05) is 26.8 Å². The van der Waals surface area contributed by atoms with E-state index >= 15 is 0 Å². The lowest BCUT2D eigenvalue weighted by Gasteiger charge is -2.37. The standard InChI is InChI=1S/C23H29FN2O3S/c1-4-22(27)25(13-16(2)3)14-23(28)26-10-8-21-19(9-11-30-21)20(26)15-29-18-7-5-6-17(24)12-18/h5-7,9,11-12,16,20H,4,8,10,13-15H2,1-3H3/t20-/m1/s1. The van der Waals surface area contributed by atoms with Gasteiger partial charge in [-0.3, -0.25) is 9.59 Å². The number of fused-ring (bicyclic) bond motifs is 1. The van der Waals surface area contributed by atoms with Crippen molar-refractivity contribution in [3.8, 4) is 5.75 Å². The molecule has 2 aromatic rings. The van der Waals surface area contributed by atoms with E-state index in [2.05, 4.69) is 0 Å². The summed E-state index contributed by atoms with van der Waals surface area (Å²) in [5.41, 5.74) is 1.08. The zero-order valence-corrected chi connectivity index (χ0v) is 18.6. The second kappa shape index (κ2) is 10.1. The van der Waals surface area contributed by atoms with Gasteiger partial charge in [0.25, 0.3) is 0 Å². The van der Waals surface area contributed by atoms with E-state index in [1.165, 1.54) is 17.0 Å². The number of hydrogen-bond donors (Lipinski definition) is 0. The Kier molecular flexibility index (Phi) is 7.48. The van der Waals surface area contributed by atoms with Crippen molar-refractivity contribution < 1.29 is 18.7 Å². The normalized spacial score (nSPS) is 15.8.